The van der Waals surface area contributed by atoms with Crippen LogP contribution in [-0.2, 0) is 9.63 Å². The van der Waals surface area contributed by atoms with Gasteiger partial charge in [0.05, 0.1) is 5.56 Å². The largest absolute Gasteiger partial charge is 0.426 e. The first-order valence-electron chi connectivity index (χ1n) is 7.51. The van der Waals surface area contributed by atoms with Crippen molar-refractivity contribution in [1.82, 2.24) is 5.32 Å². The van der Waals surface area contributed by atoms with Gasteiger partial charge in [-0.1, -0.05) is 0 Å². The SMILES string of the molecule is CCN(CC)c1ccc(C(=O)NCCO[N+](=O)[O-])c(OC(C)=O)c1. The lowest BCUT2D eigenvalue weighted by atomic mass is 10.1. The molecular weight excluding hydrogens is 318 g/mol. The molecule has 0 aromatic heterocycles. The van der Waals surface area contributed by atoms with Crippen LogP contribution in [0.4, 0.5) is 5.69 Å². The van der Waals surface area contributed by atoms with E-state index < -0.39 is 17.0 Å². The molecule has 1 amide bonds. The number of hydrogen-bond acceptors (Lipinski definition) is 7. The molecular formula is C15H21N3O6. The molecule has 0 saturated carbocycles. The maximum Gasteiger partial charge on any atom is 0.308 e. The molecule has 0 fully saturated rings. The highest BCUT2D eigenvalue weighted by Crippen LogP contribution is 2.26. The van der Waals surface area contributed by atoms with Gasteiger partial charge in [-0.25, -0.2) is 0 Å². The molecule has 0 radical (unpaired) electrons. The van der Waals surface area contributed by atoms with Crippen LogP contribution < -0.4 is 15.0 Å². The van der Waals surface area contributed by atoms with Crippen molar-refractivity contribution in [3.63, 3.8) is 0 Å². The topological polar surface area (TPSA) is 111 Å². The van der Waals surface area contributed by atoms with Gasteiger partial charge in [-0.3, -0.25) is 9.59 Å². The number of carbonyl (C=O) groups is 2. The molecule has 1 aromatic rings. The van der Waals surface area contributed by atoms with Crippen LogP contribution in [0.5, 0.6) is 5.75 Å². The van der Waals surface area contributed by atoms with Crippen LogP contribution in [0.2, 0.25) is 0 Å². The Hall–Kier alpha value is -2.84. The predicted octanol–water partition coefficient (Wildman–Crippen LogP) is 1.40. The van der Waals surface area contributed by atoms with Gasteiger partial charge in [0.2, 0.25) is 0 Å². The molecule has 1 rings (SSSR count). The molecule has 1 aromatic carbocycles. The van der Waals surface area contributed by atoms with Crippen molar-refractivity contribution in [2.45, 2.75) is 20.8 Å². The van der Waals surface area contributed by atoms with Crippen LogP contribution in [0.15, 0.2) is 18.2 Å². The third-order valence-electron chi connectivity index (χ3n) is 3.18. The van der Waals surface area contributed by atoms with Crippen molar-refractivity contribution in [2.24, 2.45) is 0 Å². The van der Waals surface area contributed by atoms with E-state index in [1.807, 2.05) is 18.7 Å². The Balaban J connectivity index is 2.93. The Morgan fingerprint density at radius 1 is 1.29 bits per heavy atom. The summed E-state index contributed by atoms with van der Waals surface area (Å²) in [5, 5.41) is 11.6. The summed E-state index contributed by atoms with van der Waals surface area (Å²) in [7, 11) is 0. The number of ether oxygens (including phenoxy) is 1. The first-order valence-corrected chi connectivity index (χ1v) is 7.51. The minimum absolute atomic E-state index is 0.0445. The van der Waals surface area contributed by atoms with E-state index in [2.05, 4.69) is 10.2 Å². The highest BCUT2D eigenvalue weighted by molar-refractivity contribution is 5.98. The number of carbonyl (C=O) groups excluding carboxylic acids is 2. The van der Waals surface area contributed by atoms with Gasteiger partial charge in [0, 0.05) is 38.3 Å². The lowest BCUT2D eigenvalue weighted by Gasteiger charge is -2.22. The number of nitrogens with zero attached hydrogens (tertiary/aromatic N) is 2. The molecule has 0 heterocycles. The molecule has 0 bridgehead atoms. The zero-order chi connectivity index (χ0) is 18.1. The summed E-state index contributed by atoms with van der Waals surface area (Å²) in [4.78, 5) is 39.7. The number of benzene rings is 1. The van der Waals surface area contributed by atoms with E-state index in [1.54, 1.807) is 18.2 Å². The summed E-state index contributed by atoms with van der Waals surface area (Å²) < 4.78 is 5.12. The molecule has 132 valence electrons. The molecule has 0 aliphatic carbocycles. The number of esters is 1. The Bertz CT molecular complexity index is 601. The van der Waals surface area contributed by atoms with Crippen molar-refractivity contribution < 1.29 is 24.3 Å². The van der Waals surface area contributed by atoms with Crippen molar-refractivity contribution >= 4 is 17.6 Å². The third kappa shape index (κ3) is 5.75. The van der Waals surface area contributed by atoms with Gasteiger partial charge in [-0.2, -0.15) is 0 Å². The lowest BCUT2D eigenvalue weighted by Crippen LogP contribution is -2.29. The smallest absolute Gasteiger partial charge is 0.308 e. The van der Waals surface area contributed by atoms with E-state index in [4.69, 9.17) is 4.74 Å². The van der Waals surface area contributed by atoms with Gasteiger partial charge in [0.15, 0.2) is 0 Å². The van der Waals surface area contributed by atoms with Crippen molar-refractivity contribution in [3.8, 4) is 5.75 Å². The summed E-state index contributed by atoms with van der Waals surface area (Å²) >= 11 is 0. The van der Waals surface area contributed by atoms with Gasteiger partial charge < -0.3 is 19.8 Å². The molecule has 0 aliphatic heterocycles. The van der Waals surface area contributed by atoms with E-state index >= 15 is 0 Å². The number of nitrogens with one attached hydrogen (secondary N) is 1. The zero-order valence-electron chi connectivity index (χ0n) is 13.9. The van der Waals surface area contributed by atoms with Crippen molar-refractivity contribution in [2.75, 3.05) is 31.1 Å². The molecule has 0 aliphatic rings. The van der Waals surface area contributed by atoms with Gasteiger partial charge in [-0.15, -0.1) is 10.1 Å². The normalized spacial score (nSPS) is 9.96. The minimum atomic E-state index is -0.935. The Morgan fingerprint density at radius 3 is 2.50 bits per heavy atom. The quantitative estimate of drug-likeness (QED) is 0.238. The Labute approximate surface area is 139 Å². The van der Waals surface area contributed by atoms with Gasteiger partial charge in [0.25, 0.3) is 11.0 Å². The number of hydrogen-bond donors (Lipinski definition) is 1. The van der Waals surface area contributed by atoms with Crippen LogP contribution in [0.1, 0.15) is 31.1 Å². The Morgan fingerprint density at radius 2 is 1.96 bits per heavy atom. The van der Waals surface area contributed by atoms with E-state index in [0.29, 0.717) is 0 Å². The van der Waals surface area contributed by atoms with E-state index in [-0.39, 0.29) is 24.5 Å². The summed E-state index contributed by atoms with van der Waals surface area (Å²) in [5.74, 6) is -0.915. The first kappa shape index (κ1) is 19.2. The monoisotopic (exact) mass is 339 g/mol. The van der Waals surface area contributed by atoms with Crippen LogP contribution in [0.25, 0.3) is 0 Å². The van der Waals surface area contributed by atoms with Crippen LogP contribution >= 0.6 is 0 Å². The van der Waals surface area contributed by atoms with Crippen LogP contribution in [0, 0.1) is 10.1 Å². The fourth-order valence-corrected chi connectivity index (χ4v) is 2.10. The maximum atomic E-state index is 12.2. The van der Waals surface area contributed by atoms with E-state index in [9.17, 15) is 19.7 Å². The van der Waals surface area contributed by atoms with E-state index in [0.717, 1.165) is 18.8 Å². The van der Waals surface area contributed by atoms with Gasteiger partial charge >= 0.3 is 5.97 Å². The lowest BCUT2D eigenvalue weighted by molar-refractivity contribution is -0.757. The molecule has 0 atom stereocenters. The average Bonchev–Trinajstić information content (AvgIpc) is 2.52. The molecule has 9 heteroatoms. The standard InChI is InChI=1S/C15H21N3O6/c1-4-17(5-2)12-6-7-13(14(10-12)24-11(3)19)15(20)16-8-9-23-18(21)22/h6-7,10H,4-5,8-9H2,1-3H3,(H,16,20). The molecule has 1 N–H and O–H groups in total. The number of anilines is 1. The summed E-state index contributed by atoms with van der Waals surface area (Å²) in [6.45, 7) is 6.45. The van der Waals surface area contributed by atoms with Gasteiger partial charge in [0.1, 0.15) is 12.4 Å². The zero-order valence-corrected chi connectivity index (χ0v) is 13.9. The third-order valence-corrected chi connectivity index (χ3v) is 3.18. The van der Waals surface area contributed by atoms with Gasteiger partial charge in [-0.05, 0) is 26.0 Å². The molecule has 0 unspecified atom stereocenters. The minimum Gasteiger partial charge on any atom is -0.426 e. The molecule has 0 saturated heterocycles. The second-order valence-corrected chi connectivity index (χ2v) is 4.76. The molecule has 0 spiro atoms. The second-order valence-electron chi connectivity index (χ2n) is 4.76. The number of amides is 1. The highest BCUT2D eigenvalue weighted by Gasteiger charge is 2.16. The van der Waals surface area contributed by atoms with Crippen molar-refractivity contribution in [1.29, 1.82) is 0 Å². The first-order chi connectivity index (χ1) is 11.4. The summed E-state index contributed by atoms with van der Waals surface area (Å²) in [5.41, 5.74) is 0.992. The van der Waals surface area contributed by atoms with Crippen LogP contribution in [-0.4, -0.2) is 43.2 Å². The second kappa shape index (κ2) is 9.33. The highest BCUT2D eigenvalue weighted by atomic mass is 16.9. The molecule has 24 heavy (non-hydrogen) atoms. The van der Waals surface area contributed by atoms with Crippen molar-refractivity contribution in [3.05, 3.63) is 33.9 Å². The predicted molar refractivity (Wildman–Crippen MR) is 86.6 cm³/mol. The Kier molecular flexibility index (Phi) is 7.47. The summed E-state index contributed by atoms with van der Waals surface area (Å²) in [6, 6.07) is 4.93. The fraction of sp³-hybridized carbons (Fsp3) is 0.467. The maximum absolute atomic E-state index is 12.2. The fourth-order valence-electron chi connectivity index (χ4n) is 2.10. The molecule has 9 nitrogen and oxygen atoms in total. The van der Waals surface area contributed by atoms with Crippen LogP contribution in [0.3, 0.4) is 0 Å². The van der Waals surface area contributed by atoms with E-state index in [1.165, 1.54) is 6.92 Å². The summed E-state index contributed by atoms with van der Waals surface area (Å²) in [6.07, 6.45) is 0. The average molecular weight is 339 g/mol. The number of rotatable bonds is 9.